The molecule has 0 atom stereocenters. The molecule has 0 amide bonds. The molecule has 0 spiro atoms. The van der Waals surface area contributed by atoms with Crippen molar-refractivity contribution in [1.29, 1.82) is 0 Å². The molecule has 3 aromatic carbocycles. The monoisotopic (exact) mass is 549 g/mol. The van der Waals surface area contributed by atoms with Crippen LogP contribution in [0.1, 0.15) is 26.4 Å². The van der Waals surface area contributed by atoms with E-state index >= 15 is 0 Å². The topological polar surface area (TPSA) is 142 Å². The highest BCUT2D eigenvalue weighted by molar-refractivity contribution is 7.00. The molecule has 0 bridgehead atoms. The van der Waals surface area contributed by atoms with Crippen molar-refractivity contribution in [3.8, 4) is 34.1 Å². The Morgan fingerprint density at radius 3 is 2.23 bits per heavy atom. The number of aromatic nitrogens is 3. The third-order valence-corrected chi connectivity index (χ3v) is 7.00. The predicted molar refractivity (Wildman–Crippen MR) is 144 cm³/mol. The van der Waals surface area contributed by atoms with E-state index in [4.69, 9.17) is 18.9 Å². The van der Waals surface area contributed by atoms with Gasteiger partial charge in [-0.05, 0) is 41.5 Å². The summed E-state index contributed by atoms with van der Waals surface area (Å²) in [6, 6.07) is 11.6. The second-order valence-electron chi connectivity index (χ2n) is 8.46. The fraction of sp³-hybridized carbons (Fsp3) is 0.185. The Kier molecular flexibility index (Phi) is 6.71. The molecule has 0 fully saturated rings. The molecule has 5 aromatic rings. The fourth-order valence-electron chi connectivity index (χ4n) is 4.77. The first-order valence-corrected chi connectivity index (χ1v) is 12.3. The van der Waals surface area contributed by atoms with Crippen molar-refractivity contribution in [3.63, 3.8) is 0 Å². The van der Waals surface area contributed by atoms with E-state index in [1.165, 1.54) is 40.6 Å². The highest BCUT2D eigenvalue weighted by Crippen LogP contribution is 2.50. The van der Waals surface area contributed by atoms with Gasteiger partial charge in [0, 0.05) is 18.2 Å². The first-order valence-electron chi connectivity index (χ1n) is 11.5. The summed E-state index contributed by atoms with van der Waals surface area (Å²) in [6.07, 6.45) is 0. The van der Waals surface area contributed by atoms with Crippen molar-refractivity contribution in [3.05, 3.63) is 59.3 Å². The number of nitrogens with zero attached hydrogens (tertiary/aromatic N) is 3. The van der Waals surface area contributed by atoms with E-state index < -0.39 is 11.9 Å². The van der Waals surface area contributed by atoms with Gasteiger partial charge in [-0.1, -0.05) is 6.07 Å². The summed E-state index contributed by atoms with van der Waals surface area (Å²) in [5.41, 5.74) is 2.69. The molecule has 0 saturated heterocycles. The quantitative estimate of drug-likeness (QED) is 0.263. The Hall–Kier alpha value is -4.84. The van der Waals surface area contributed by atoms with E-state index in [-0.39, 0.29) is 40.4 Å². The van der Waals surface area contributed by atoms with Crippen LogP contribution >= 0.6 is 11.7 Å². The van der Waals surface area contributed by atoms with Crippen molar-refractivity contribution in [1.82, 2.24) is 13.3 Å². The van der Waals surface area contributed by atoms with Crippen LogP contribution in [0.15, 0.2) is 42.5 Å². The van der Waals surface area contributed by atoms with Crippen LogP contribution in [0.3, 0.4) is 0 Å². The standard InChI is InChI=1S/C27H23N3O8S/c1-35-14-6-7-15(16(10-14)26(31)32)21-22-19(11-20(36-2)24(37-3)25(22)38-4)30(23(21)27(33)34)12-13-5-8-17-18(9-13)29-39-28-17/h5-11H,12H2,1-4H3,(H,31,32)(H,33,34). The Bertz CT molecular complexity index is 1760. The largest absolute Gasteiger partial charge is 0.497 e. The average molecular weight is 550 g/mol. The first-order chi connectivity index (χ1) is 18.8. The van der Waals surface area contributed by atoms with Crippen LogP contribution < -0.4 is 18.9 Å². The zero-order chi connectivity index (χ0) is 27.8. The van der Waals surface area contributed by atoms with E-state index in [0.717, 1.165) is 22.8 Å². The zero-order valence-electron chi connectivity index (χ0n) is 21.3. The smallest absolute Gasteiger partial charge is 0.353 e. The maximum atomic E-state index is 12.9. The summed E-state index contributed by atoms with van der Waals surface area (Å²) >= 11 is 1.09. The van der Waals surface area contributed by atoms with Gasteiger partial charge < -0.3 is 33.7 Å². The number of methoxy groups -OCH3 is 4. The number of aromatic carboxylic acids is 2. The normalized spacial score (nSPS) is 11.1. The summed E-state index contributed by atoms with van der Waals surface area (Å²) in [4.78, 5) is 25.3. The molecule has 0 aliphatic rings. The number of hydrogen-bond donors (Lipinski definition) is 2. The van der Waals surface area contributed by atoms with E-state index in [9.17, 15) is 19.8 Å². The number of benzene rings is 3. The number of hydrogen-bond acceptors (Lipinski definition) is 9. The van der Waals surface area contributed by atoms with Crippen LogP contribution in [-0.4, -0.2) is 63.9 Å². The third-order valence-electron chi connectivity index (χ3n) is 6.44. The molecule has 0 aliphatic carbocycles. The van der Waals surface area contributed by atoms with Gasteiger partial charge in [0.25, 0.3) is 0 Å². The SMILES string of the molecule is COc1ccc(-c2c(C(=O)O)n(Cc3ccc4nsnc4c3)c3cc(OC)c(OC)c(OC)c23)c(C(=O)O)c1. The Morgan fingerprint density at radius 2 is 1.59 bits per heavy atom. The molecule has 200 valence electrons. The molecule has 39 heavy (non-hydrogen) atoms. The van der Waals surface area contributed by atoms with Crippen LogP contribution in [0.2, 0.25) is 0 Å². The highest BCUT2D eigenvalue weighted by atomic mass is 32.1. The second-order valence-corrected chi connectivity index (χ2v) is 8.99. The van der Waals surface area contributed by atoms with E-state index in [0.29, 0.717) is 27.9 Å². The minimum absolute atomic E-state index is 0.128. The van der Waals surface area contributed by atoms with Crippen LogP contribution in [0.25, 0.3) is 33.1 Å². The molecule has 0 saturated carbocycles. The number of fused-ring (bicyclic) bond motifs is 2. The van der Waals surface area contributed by atoms with Gasteiger partial charge in [-0.15, -0.1) is 0 Å². The van der Waals surface area contributed by atoms with Crippen LogP contribution in [0.5, 0.6) is 23.0 Å². The number of ether oxygens (including phenoxy) is 4. The van der Waals surface area contributed by atoms with Gasteiger partial charge >= 0.3 is 11.9 Å². The molecule has 0 aliphatic heterocycles. The maximum absolute atomic E-state index is 12.9. The molecular formula is C27H23N3O8S. The number of carbonyl (C=O) groups is 2. The first kappa shape index (κ1) is 25.8. The lowest BCUT2D eigenvalue weighted by Crippen LogP contribution is -2.11. The summed E-state index contributed by atoms with van der Waals surface area (Å²) in [5, 5.41) is 21.0. The lowest BCUT2D eigenvalue weighted by Gasteiger charge is -2.15. The van der Waals surface area contributed by atoms with Crippen molar-refractivity contribution in [2.24, 2.45) is 0 Å². The van der Waals surface area contributed by atoms with Crippen LogP contribution in [0, 0.1) is 0 Å². The highest BCUT2D eigenvalue weighted by Gasteiger charge is 2.32. The molecule has 2 aromatic heterocycles. The lowest BCUT2D eigenvalue weighted by molar-refractivity contribution is 0.0678. The van der Waals surface area contributed by atoms with Crippen molar-refractivity contribution in [2.75, 3.05) is 28.4 Å². The summed E-state index contributed by atoms with van der Waals surface area (Å²) in [7, 11) is 5.75. The second kappa shape index (κ2) is 10.1. The summed E-state index contributed by atoms with van der Waals surface area (Å²) in [5.74, 6) is -1.44. The van der Waals surface area contributed by atoms with Crippen molar-refractivity contribution < 1.29 is 38.7 Å². The fourth-order valence-corrected chi connectivity index (χ4v) is 5.29. The van der Waals surface area contributed by atoms with Gasteiger partial charge in [0.15, 0.2) is 11.5 Å². The maximum Gasteiger partial charge on any atom is 0.353 e. The third kappa shape index (κ3) is 4.24. The van der Waals surface area contributed by atoms with E-state index in [1.54, 1.807) is 16.7 Å². The van der Waals surface area contributed by atoms with Gasteiger partial charge in [0.1, 0.15) is 22.5 Å². The van der Waals surface area contributed by atoms with Gasteiger partial charge in [-0.25, -0.2) is 9.59 Å². The van der Waals surface area contributed by atoms with Crippen LogP contribution in [-0.2, 0) is 6.54 Å². The van der Waals surface area contributed by atoms with E-state index in [1.807, 2.05) is 18.2 Å². The molecule has 2 N–H and O–H groups in total. The van der Waals surface area contributed by atoms with Crippen LogP contribution in [0.4, 0.5) is 0 Å². The number of carboxylic acids is 2. The van der Waals surface area contributed by atoms with Gasteiger partial charge in [-0.2, -0.15) is 8.75 Å². The summed E-state index contributed by atoms with van der Waals surface area (Å²) < 4.78 is 32.2. The van der Waals surface area contributed by atoms with Gasteiger partial charge in [-0.3, -0.25) is 0 Å². The zero-order valence-corrected chi connectivity index (χ0v) is 22.2. The predicted octanol–water partition coefficient (Wildman–Crippen LogP) is 4.79. The molecule has 12 heteroatoms. The Balaban J connectivity index is 1.93. The molecule has 5 rings (SSSR count). The molecular weight excluding hydrogens is 526 g/mol. The average Bonchev–Trinajstić information content (AvgIpc) is 3.53. The molecule has 0 unspecified atom stereocenters. The minimum atomic E-state index is -1.26. The Morgan fingerprint density at radius 1 is 0.846 bits per heavy atom. The Labute approximate surface area is 226 Å². The van der Waals surface area contributed by atoms with Crippen molar-refractivity contribution in [2.45, 2.75) is 6.54 Å². The molecule has 2 heterocycles. The number of rotatable bonds is 9. The van der Waals surface area contributed by atoms with Gasteiger partial charge in [0.05, 0.1) is 56.6 Å². The van der Waals surface area contributed by atoms with Gasteiger partial charge in [0.2, 0.25) is 5.75 Å². The number of carboxylic acid groups (broad SMARTS) is 2. The van der Waals surface area contributed by atoms with E-state index in [2.05, 4.69) is 8.75 Å². The summed E-state index contributed by atoms with van der Waals surface area (Å²) in [6.45, 7) is 0.128. The molecule has 0 radical (unpaired) electrons. The minimum Gasteiger partial charge on any atom is -0.497 e. The lowest BCUT2D eigenvalue weighted by atomic mass is 9.95. The molecule has 11 nitrogen and oxygen atoms in total. The van der Waals surface area contributed by atoms with Crippen molar-refractivity contribution >= 4 is 45.6 Å².